The van der Waals surface area contributed by atoms with Gasteiger partial charge in [-0.3, -0.25) is 24.8 Å². The normalized spacial score (nSPS) is 10.0. The summed E-state index contributed by atoms with van der Waals surface area (Å²) in [5, 5.41) is 31.7. The largest absolute Gasteiger partial charge is 4.00 e. The maximum atomic E-state index is 13.9. The molecule has 5 aromatic rings. The number of carbonyl (C=O) groups excluding carboxylic acids is 2. The standard InChI is InChI=1S/C34H35N5O.2C2H4O2.2ClHO4.Fe.Mn.2H2O/c1-27-19-29(22-38(21-28-11-3-2-4-12-28)24-31-13-5-8-16-35-31)34(40)30(20-27)23-39(25-32-14-6-9-17-36-32)26-33-15-7-10-18-37-33;2*1-2(3)4;2*2-1(3,4)5;;;;/h2-20,40H,21-26H2,1H3;2*1H3,(H,3,4);2*(H,2,3,4,5);;;2*1H2/q;;;;;+4;+3;;/p-4. The van der Waals surface area contributed by atoms with Gasteiger partial charge < -0.3 is 35.9 Å². The van der Waals surface area contributed by atoms with Gasteiger partial charge in [-0.2, -0.15) is 0 Å². The summed E-state index contributed by atoms with van der Waals surface area (Å²) in [6.07, 6.45) is 5.43. The molecule has 0 aliphatic carbocycles. The van der Waals surface area contributed by atoms with Crippen molar-refractivity contribution in [1.82, 2.24) is 24.8 Å². The van der Waals surface area contributed by atoms with Gasteiger partial charge in [0.2, 0.25) is 0 Å². The van der Waals surface area contributed by atoms with Crippen LogP contribution in [0.5, 0.6) is 5.75 Å². The van der Waals surface area contributed by atoms with Crippen LogP contribution >= 0.6 is 0 Å². The van der Waals surface area contributed by atoms with Gasteiger partial charge in [-0.25, -0.2) is 37.3 Å². The molecule has 0 aliphatic rings. The molecule has 0 spiro atoms. The average molecular weight is 993 g/mol. The summed E-state index contributed by atoms with van der Waals surface area (Å²) in [6.45, 7) is 7.70. The second-order valence-electron chi connectivity index (χ2n) is 11.9. The maximum Gasteiger partial charge on any atom is 4.00 e. The second-order valence-corrected chi connectivity index (χ2v) is 13.4. The summed E-state index contributed by atoms with van der Waals surface area (Å²) < 4.78 is 67.9. The Morgan fingerprint density at radius 3 is 1.10 bits per heavy atom. The molecular formula is C38H45Cl2FeMnN5O15+3. The third kappa shape index (κ3) is 36.4. The number of nitrogens with zero attached hydrogens (tertiary/aromatic N) is 5. The van der Waals surface area contributed by atoms with Gasteiger partial charge in [0, 0.05) is 69.8 Å². The van der Waals surface area contributed by atoms with Crippen LogP contribution in [0.1, 0.15) is 53.2 Å². The summed E-state index contributed by atoms with van der Waals surface area (Å²) in [4.78, 5) is 35.9. The Balaban J connectivity index is -0.000000651. The molecule has 0 radical (unpaired) electrons. The van der Waals surface area contributed by atoms with Gasteiger partial charge >= 0.3 is 34.1 Å². The number of carboxylic acids is 2. The van der Waals surface area contributed by atoms with E-state index in [9.17, 15) is 5.11 Å². The average Bonchev–Trinajstić information content (AvgIpc) is 3.10. The summed E-state index contributed by atoms with van der Waals surface area (Å²) >= 11 is 0. The van der Waals surface area contributed by atoms with Gasteiger partial charge in [0.1, 0.15) is 0 Å². The quantitative estimate of drug-likeness (QED) is 0.0827. The molecule has 3 heterocycles. The van der Waals surface area contributed by atoms with E-state index in [1.54, 1.807) is 12.4 Å². The van der Waals surface area contributed by atoms with E-state index in [4.69, 9.17) is 57.1 Å². The van der Waals surface area contributed by atoms with E-state index in [0.717, 1.165) is 54.2 Å². The molecule has 0 bridgehead atoms. The zero-order chi connectivity index (χ0) is 43.7. The van der Waals surface area contributed by atoms with Crippen molar-refractivity contribution in [2.45, 2.75) is 60.0 Å². The number of halogens is 2. The van der Waals surface area contributed by atoms with Gasteiger partial charge in [-0.1, -0.05) is 72.0 Å². The van der Waals surface area contributed by atoms with Crippen LogP contribution in [0.2, 0.25) is 0 Å². The topological polar surface area (TPSA) is 397 Å². The molecule has 0 saturated carbocycles. The minimum Gasteiger partial charge on any atom is -0.872 e. The Hall–Kier alpha value is -4.23. The SMILES string of the molecule is CC(=O)[O-].CC(=O)[O-].Cc1cc(CN(Cc2ccccc2)Cc2ccccn2)c([O-])c(CN(Cc2ccccn2)Cc2ccccn2)c1.O.[Fe+4].[Mn+3].[O-][Cl+3]([O-])([O-])[O-].[O-][Cl+3]([O-])([O-])[O-].[OH3+]. The Kier molecular flexibility index (Phi) is 35.6. The van der Waals surface area contributed by atoms with Crippen molar-refractivity contribution in [2.75, 3.05) is 0 Å². The van der Waals surface area contributed by atoms with Crippen LogP contribution in [-0.4, -0.2) is 42.2 Å². The molecule has 0 atom stereocenters. The molecule has 0 fully saturated rings. The minimum atomic E-state index is -4.94. The number of benzene rings is 2. The summed E-state index contributed by atoms with van der Waals surface area (Å²) in [5.41, 5.74) is 6.78. The Labute approximate surface area is 383 Å². The first kappa shape index (κ1) is 64.4. The summed E-state index contributed by atoms with van der Waals surface area (Å²) in [7, 11) is -9.89. The molecule has 5 N–H and O–H groups in total. The second kappa shape index (κ2) is 34.3. The smallest absolute Gasteiger partial charge is 0.872 e. The van der Waals surface area contributed by atoms with Gasteiger partial charge in [-0.15, -0.1) is 20.5 Å². The zero-order valence-electron chi connectivity index (χ0n) is 33.3. The number of carbonyl (C=O) groups is 2. The first-order valence-corrected chi connectivity index (χ1v) is 19.1. The molecule has 338 valence electrons. The van der Waals surface area contributed by atoms with Gasteiger partial charge in [-0.05, 0) is 73.9 Å². The number of aromatic nitrogens is 3. The monoisotopic (exact) mass is 992 g/mol. The number of aliphatic carboxylic acids is 2. The van der Waals surface area contributed by atoms with E-state index >= 15 is 0 Å². The number of hydrogen-bond acceptors (Lipinski definition) is 18. The first-order valence-electron chi connectivity index (χ1n) is 16.7. The van der Waals surface area contributed by atoms with Crippen molar-refractivity contribution in [3.05, 3.63) is 155 Å². The summed E-state index contributed by atoms with van der Waals surface area (Å²) in [6, 6.07) is 32.3. The molecule has 0 saturated heterocycles. The van der Waals surface area contributed by atoms with E-state index in [-0.39, 0.29) is 50.8 Å². The fourth-order valence-corrected chi connectivity index (χ4v) is 4.98. The van der Waals surface area contributed by atoms with Crippen molar-refractivity contribution < 1.29 is 128 Å². The van der Waals surface area contributed by atoms with Crippen LogP contribution in [-0.2, 0) is 88.5 Å². The van der Waals surface area contributed by atoms with Crippen molar-refractivity contribution in [3.8, 4) is 5.75 Å². The molecule has 0 amide bonds. The maximum absolute atomic E-state index is 13.9. The number of carboxylic acid groups (broad SMARTS) is 2. The van der Waals surface area contributed by atoms with Gasteiger partial charge in [0.15, 0.2) is 0 Å². The molecule has 62 heavy (non-hydrogen) atoms. The predicted molar refractivity (Wildman–Crippen MR) is 186 cm³/mol. The predicted octanol–water partition coefficient (Wildman–Crippen LogP) is -8.09. The Morgan fingerprint density at radius 2 is 0.823 bits per heavy atom. The number of pyridine rings is 3. The van der Waals surface area contributed by atoms with Crippen molar-refractivity contribution in [3.63, 3.8) is 0 Å². The van der Waals surface area contributed by atoms with Crippen LogP contribution in [0.15, 0.2) is 116 Å². The Morgan fingerprint density at radius 1 is 0.548 bits per heavy atom. The van der Waals surface area contributed by atoms with E-state index in [1.165, 1.54) is 5.56 Å². The van der Waals surface area contributed by atoms with Crippen LogP contribution in [0.4, 0.5) is 0 Å². The van der Waals surface area contributed by atoms with E-state index in [2.05, 4.69) is 55.9 Å². The van der Waals surface area contributed by atoms with Crippen molar-refractivity contribution in [1.29, 1.82) is 0 Å². The summed E-state index contributed by atoms with van der Waals surface area (Å²) in [5.74, 6) is -2.07. The van der Waals surface area contributed by atoms with Gasteiger partial charge in [0.05, 0.1) is 17.1 Å². The minimum absolute atomic E-state index is 0. The molecule has 2 aromatic carbocycles. The first-order chi connectivity index (χ1) is 27.1. The molecule has 5 rings (SSSR count). The molecule has 20 nitrogen and oxygen atoms in total. The third-order valence-electron chi connectivity index (χ3n) is 6.76. The van der Waals surface area contributed by atoms with Crippen LogP contribution in [0, 0.1) is 27.4 Å². The number of aryl methyl sites for hydroxylation is 1. The molecular weight excluding hydrogens is 948 g/mol. The fraction of sp³-hybridized carbons (Fsp3) is 0.237. The zero-order valence-corrected chi connectivity index (χ0v) is 37.1. The molecule has 0 unspecified atom stereocenters. The van der Waals surface area contributed by atoms with Crippen LogP contribution < -0.4 is 52.6 Å². The molecule has 24 heteroatoms. The molecule has 3 aromatic heterocycles. The van der Waals surface area contributed by atoms with E-state index in [1.807, 2.05) is 79.0 Å². The van der Waals surface area contributed by atoms with Crippen LogP contribution in [0.3, 0.4) is 0 Å². The van der Waals surface area contributed by atoms with Crippen molar-refractivity contribution in [2.24, 2.45) is 0 Å². The van der Waals surface area contributed by atoms with Gasteiger partial charge in [0.25, 0.3) is 0 Å². The van der Waals surface area contributed by atoms with Crippen molar-refractivity contribution >= 4 is 11.9 Å². The van der Waals surface area contributed by atoms with E-state index in [0.29, 0.717) is 32.7 Å². The number of hydrogen-bond donors (Lipinski definition) is 0. The Bertz CT molecular complexity index is 1670. The third-order valence-corrected chi connectivity index (χ3v) is 6.76. The van der Waals surface area contributed by atoms with E-state index < -0.39 is 32.4 Å². The van der Waals surface area contributed by atoms with Crippen LogP contribution in [0.25, 0.3) is 0 Å². The molecule has 0 aliphatic heterocycles. The fourth-order valence-electron chi connectivity index (χ4n) is 4.98. The number of rotatable bonds is 12.